The number of nitrogens with zero attached hydrogens (tertiary/aromatic N) is 1. The van der Waals surface area contributed by atoms with Gasteiger partial charge in [-0.25, -0.2) is 5.48 Å². The number of hydroxylamine groups is 1. The van der Waals surface area contributed by atoms with Crippen LogP contribution in [0.2, 0.25) is 0 Å². The van der Waals surface area contributed by atoms with Crippen LogP contribution in [0.4, 0.5) is 0 Å². The van der Waals surface area contributed by atoms with Crippen LogP contribution in [0.15, 0.2) is 76.8 Å². The first-order valence-electron chi connectivity index (χ1n) is 11.6. The first-order chi connectivity index (χ1) is 15.8. The molecule has 0 radical (unpaired) electrons. The third kappa shape index (κ3) is 5.12. The van der Waals surface area contributed by atoms with Gasteiger partial charge in [0.05, 0.1) is 7.11 Å². The second kappa shape index (κ2) is 9.40. The van der Waals surface area contributed by atoms with Crippen LogP contribution in [-0.4, -0.2) is 19.6 Å². The summed E-state index contributed by atoms with van der Waals surface area (Å²) in [5.74, 6) is 1.62. The van der Waals surface area contributed by atoms with E-state index in [9.17, 15) is 0 Å². The zero-order chi connectivity index (χ0) is 23.6. The number of aliphatic imine (C=N–C) groups is 1. The van der Waals surface area contributed by atoms with Crippen LogP contribution in [0.5, 0.6) is 5.75 Å². The third-order valence-electron chi connectivity index (χ3n) is 6.14. The number of ether oxygens (including phenoxy) is 1. The van der Waals surface area contributed by atoms with Crippen LogP contribution in [0.1, 0.15) is 69.3 Å². The number of amidine groups is 1. The molecule has 0 fully saturated rings. The molecule has 33 heavy (non-hydrogen) atoms. The Labute approximate surface area is 197 Å². The summed E-state index contributed by atoms with van der Waals surface area (Å²) in [5.41, 5.74) is 11.2. The molecule has 1 atom stereocenters. The molecular weight excluding hydrogens is 408 g/mol. The maximum atomic E-state index is 6.07. The molecule has 2 aromatic carbocycles. The maximum Gasteiger partial charge on any atom is 0.153 e. The molecule has 0 amide bonds. The molecular formula is C29H34N2O2. The van der Waals surface area contributed by atoms with Gasteiger partial charge in [-0.15, -0.1) is 0 Å². The summed E-state index contributed by atoms with van der Waals surface area (Å²) >= 11 is 0. The Morgan fingerprint density at radius 2 is 1.79 bits per heavy atom. The van der Waals surface area contributed by atoms with E-state index >= 15 is 0 Å². The van der Waals surface area contributed by atoms with Gasteiger partial charge in [-0.3, -0.25) is 9.83 Å². The Hall–Kier alpha value is -3.11. The Bertz CT molecular complexity index is 1150. The van der Waals surface area contributed by atoms with Crippen molar-refractivity contribution in [2.45, 2.75) is 52.5 Å². The lowest BCUT2D eigenvalue weighted by atomic mass is 9.82. The molecule has 4 nitrogen and oxygen atoms in total. The lowest BCUT2D eigenvalue weighted by Crippen LogP contribution is -2.32. The van der Waals surface area contributed by atoms with Crippen LogP contribution in [0.25, 0.3) is 5.57 Å². The summed E-state index contributed by atoms with van der Waals surface area (Å²) in [4.78, 5) is 10.8. The van der Waals surface area contributed by atoms with Gasteiger partial charge in [0.2, 0.25) is 0 Å². The van der Waals surface area contributed by atoms with Crippen molar-refractivity contribution >= 4 is 11.4 Å². The quantitative estimate of drug-likeness (QED) is 0.573. The van der Waals surface area contributed by atoms with Crippen molar-refractivity contribution in [1.82, 2.24) is 5.48 Å². The number of allylic oxidation sites excluding steroid dienone is 6. The van der Waals surface area contributed by atoms with Crippen molar-refractivity contribution in [3.05, 3.63) is 94.1 Å². The van der Waals surface area contributed by atoms with Gasteiger partial charge in [0.15, 0.2) is 5.84 Å². The Morgan fingerprint density at radius 1 is 1.03 bits per heavy atom. The Kier molecular flexibility index (Phi) is 6.57. The Morgan fingerprint density at radius 3 is 2.48 bits per heavy atom. The lowest BCUT2D eigenvalue weighted by Gasteiger charge is -2.28. The maximum absolute atomic E-state index is 6.07. The largest absolute Gasteiger partial charge is 0.496 e. The van der Waals surface area contributed by atoms with Crippen molar-refractivity contribution < 1.29 is 9.57 Å². The van der Waals surface area contributed by atoms with Crippen molar-refractivity contribution in [2.24, 2.45) is 4.99 Å². The highest BCUT2D eigenvalue weighted by molar-refractivity contribution is 5.98. The van der Waals surface area contributed by atoms with Crippen LogP contribution < -0.4 is 10.2 Å². The summed E-state index contributed by atoms with van der Waals surface area (Å²) in [6.07, 6.45) is 7.65. The highest BCUT2D eigenvalue weighted by Gasteiger charge is 2.27. The molecule has 0 bridgehead atoms. The minimum Gasteiger partial charge on any atom is -0.496 e. The van der Waals surface area contributed by atoms with E-state index < -0.39 is 0 Å². The number of rotatable bonds is 4. The smallest absolute Gasteiger partial charge is 0.153 e. The van der Waals surface area contributed by atoms with Crippen LogP contribution in [0.3, 0.4) is 0 Å². The zero-order valence-electron chi connectivity index (χ0n) is 20.5. The molecule has 4 rings (SSSR count). The first-order valence-corrected chi connectivity index (χ1v) is 11.6. The summed E-state index contributed by atoms with van der Waals surface area (Å²) in [6, 6.07) is 14.4. The van der Waals surface area contributed by atoms with E-state index in [1.54, 1.807) is 7.11 Å². The molecule has 1 aliphatic heterocycles. The minimum atomic E-state index is -0.169. The van der Waals surface area contributed by atoms with Gasteiger partial charge in [0.25, 0.3) is 0 Å². The van der Waals surface area contributed by atoms with Gasteiger partial charge >= 0.3 is 0 Å². The average Bonchev–Trinajstić information content (AvgIpc) is 2.98. The summed E-state index contributed by atoms with van der Waals surface area (Å²) in [5, 5.41) is 0. The predicted molar refractivity (Wildman–Crippen MR) is 137 cm³/mol. The highest BCUT2D eigenvalue weighted by Crippen LogP contribution is 2.41. The normalized spacial score (nSPS) is 18.9. The number of methoxy groups -OCH3 is 1. The van der Waals surface area contributed by atoms with Crippen LogP contribution >= 0.6 is 0 Å². The van der Waals surface area contributed by atoms with Crippen molar-refractivity contribution in [3.63, 3.8) is 0 Å². The molecule has 1 heterocycles. The highest BCUT2D eigenvalue weighted by atomic mass is 16.6. The fraction of sp³-hybridized carbons (Fsp3) is 0.345. The standard InChI is InChI=1S/C29H34N2O2/c1-19-12-13-22(15-20(2)14-19)24-16-23(29(3,4)5)17-25(27(24)32-6)26-18-33-31-28(30-26)21-10-8-7-9-11-21/h7-12,14-17,26H,13,18H2,1-6H3,(H,30,31). The van der Waals surface area contributed by atoms with Crippen molar-refractivity contribution in [2.75, 3.05) is 13.7 Å². The molecule has 172 valence electrons. The molecule has 0 spiro atoms. The molecule has 1 unspecified atom stereocenters. The molecule has 1 aliphatic carbocycles. The number of benzene rings is 2. The zero-order valence-corrected chi connectivity index (χ0v) is 20.5. The van der Waals surface area contributed by atoms with E-state index in [-0.39, 0.29) is 11.5 Å². The second-order valence-corrected chi connectivity index (χ2v) is 9.88. The summed E-state index contributed by atoms with van der Waals surface area (Å²) < 4.78 is 6.07. The number of hydrogen-bond acceptors (Lipinski definition) is 4. The molecule has 4 heteroatoms. The molecule has 0 aromatic heterocycles. The van der Waals surface area contributed by atoms with Crippen molar-refractivity contribution in [3.8, 4) is 5.75 Å². The van der Waals surface area contributed by atoms with E-state index in [0.717, 1.165) is 34.7 Å². The minimum absolute atomic E-state index is 0.0164. The average molecular weight is 443 g/mol. The summed E-state index contributed by atoms with van der Waals surface area (Å²) in [6.45, 7) is 11.5. The van der Waals surface area contributed by atoms with Crippen molar-refractivity contribution in [1.29, 1.82) is 0 Å². The number of hydrogen-bond donors (Lipinski definition) is 1. The van der Waals surface area contributed by atoms with Gasteiger partial charge in [-0.2, -0.15) is 0 Å². The topological polar surface area (TPSA) is 42.9 Å². The summed E-state index contributed by atoms with van der Waals surface area (Å²) in [7, 11) is 1.75. The van der Waals surface area contributed by atoms with E-state index in [2.05, 4.69) is 70.5 Å². The van der Waals surface area contributed by atoms with E-state index in [1.165, 1.54) is 22.3 Å². The van der Waals surface area contributed by atoms with Gasteiger partial charge in [0.1, 0.15) is 18.4 Å². The number of nitrogens with one attached hydrogen (secondary N) is 1. The molecule has 2 aromatic rings. The van der Waals surface area contributed by atoms with Crippen LogP contribution in [-0.2, 0) is 10.3 Å². The van der Waals surface area contributed by atoms with Gasteiger partial charge in [-0.05, 0) is 49.0 Å². The monoisotopic (exact) mass is 442 g/mol. The fourth-order valence-electron chi connectivity index (χ4n) is 4.35. The second-order valence-electron chi connectivity index (χ2n) is 9.88. The third-order valence-corrected chi connectivity index (χ3v) is 6.14. The van der Waals surface area contributed by atoms with E-state index in [0.29, 0.717) is 6.61 Å². The Balaban J connectivity index is 1.88. The molecule has 1 N–H and O–H groups in total. The van der Waals surface area contributed by atoms with E-state index in [4.69, 9.17) is 14.6 Å². The fourth-order valence-corrected chi connectivity index (χ4v) is 4.35. The lowest BCUT2D eigenvalue weighted by molar-refractivity contribution is 0.0617. The van der Waals surface area contributed by atoms with E-state index in [1.807, 2.05) is 30.3 Å². The van der Waals surface area contributed by atoms with Gasteiger partial charge < -0.3 is 4.74 Å². The SMILES string of the molecule is COc1c(C2=CC(C)=CC(C)=CC2)cc(C(C)(C)C)cc1C1CONC(c2ccccc2)=N1. The first kappa shape index (κ1) is 23.1. The molecule has 2 aliphatic rings. The molecule has 0 saturated carbocycles. The van der Waals surface area contributed by atoms with Gasteiger partial charge in [0, 0.05) is 16.7 Å². The predicted octanol–water partition coefficient (Wildman–Crippen LogP) is 6.70. The van der Waals surface area contributed by atoms with Crippen LogP contribution in [0, 0.1) is 0 Å². The van der Waals surface area contributed by atoms with Gasteiger partial charge in [-0.1, -0.05) is 80.5 Å². The molecule has 0 saturated heterocycles.